The highest BCUT2D eigenvalue weighted by Crippen LogP contribution is 2.11. The maximum Gasteiger partial charge on any atom is 0.252 e. The van der Waals surface area contributed by atoms with E-state index in [2.05, 4.69) is 25.8 Å². The van der Waals surface area contributed by atoms with Gasteiger partial charge in [0.15, 0.2) is 5.65 Å². The van der Waals surface area contributed by atoms with Crippen LogP contribution in [0.4, 0.5) is 0 Å². The van der Waals surface area contributed by atoms with Gasteiger partial charge in [0.1, 0.15) is 6.10 Å². The summed E-state index contributed by atoms with van der Waals surface area (Å²) in [5.74, 6) is -0.581. The van der Waals surface area contributed by atoms with Crippen molar-refractivity contribution < 1.29 is 19.4 Å². The van der Waals surface area contributed by atoms with Crippen molar-refractivity contribution in [2.75, 3.05) is 19.7 Å². The molecule has 4 N–H and O–H groups in total. The van der Waals surface area contributed by atoms with Gasteiger partial charge < -0.3 is 20.5 Å². The van der Waals surface area contributed by atoms with E-state index < -0.39 is 12.2 Å². The number of aromatic nitrogens is 3. The number of carbonyl (C=O) groups excluding carboxylic acids is 2. The molecule has 1 aliphatic rings. The summed E-state index contributed by atoms with van der Waals surface area (Å²) in [4.78, 5) is 27.9. The number of carbonyl (C=O) groups is 2. The molecule has 1 fully saturated rings. The first-order valence-corrected chi connectivity index (χ1v) is 7.78. The molecule has 128 valence electrons. The van der Waals surface area contributed by atoms with Gasteiger partial charge in [-0.2, -0.15) is 5.10 Å². The van der Waals surface area contributed by atoms with Gasteiger partial charge in [0.05, 0.1) is 17.9 Å². The summed E-state index contributed by atoms with van der Waals surface area (Å²) in [6, 6.07) is 1.66. The number of nitrogens with one attached hydrogen (secondary N) is 3. The van der Waals surface area contributed by atoms with Crippen LogP contribution in [0.5, 0.6) is 0 Å². The van der Waals surface area contributed by atoms with E-state index in [1.165, 1.54) is 6.20 Å². The number of hydrogen-bond acceptors (Lipinski definition) is 6. The van der Waals surface area contributed by atoms with Crippen LogP contribution in [-0.2, 0) is 9.53 Å². The molecule has 0 bridgehead atoms. The van der Waals surface area contributed by atoms with Crippen molar-refractivity contribution in [3.63, 3.8) is 0 Å². The lowest BCUT2D eigenvalue weighted by Gasteiger charge is -2.15. The summed E-state index contributed by atoms with van der Waals surface area (Å²) in [5.41, 5.74) is 0.975. The van der Waals surface area contributed by atoms with Crippen molar-refractivity contribution in [1.29, 1.82) is 0 Å². The standard InChI is InChI=1S/C15H19N5O4/c21-11(8-18-15(23)12-2-1-3-24-12)7-17-14(22)10-4-9-6-19-20-13(9)16-5-10/h4-6,11-12,21H,1-3,7-8H2,(H,17,22)(H,18,23)(H,16,19,20). The first-order chi connectivity index (χ1) is 11.6. The molecule has 2 aromatic rings. The second-order valence-corrected chi connectivity index (χ2v) is 5.64. The number of amides is 2. The van der Waals surface area contributed by atoms with Gasteiger partial charge in [0.25, 0.3) is 5.91 Å². The van der Waals surface area contributed by atoms with E-state index in [0.717, 1.165) is 11.8 Å². The van der Waals surface area contributed by atoms with Crippen LogP contribution in [0.3, 0.4) is 0 Å². The second-order valence-electron chi connectivity index (χ2n) is 5.64. The quantitative estimate of drug-likeness (QED) is 0.556. The van der Waals surface area contributed by atoms with Crippen LogP contribution in [0.1, 0.15) is 23.2 Å². The van der Waals surface area contributed by atoms with E-state index in [0.29, 0.717) is 24.2 Å². The predicted molar refractivity (Wildman–Crippen MR) is 84.2 cm³/mol. The van der Waals surface area contributed by atoms with E-state index in [-0.39, 0.29) is 24.9 Å². The fourth-order valence-corrected chi connectivity index (χ4v) is 2.46. The highest BCUT2D eigenvalue weighted by molar-refractivity contribution is 5.96. The highest BCUT2D eigenvalue weighted by atomic mass is 16.5. The predicted octanol–water partition coefficient (Wildman–Crippen LogP) is -0.656. The molecule has 2 aromatic heterocycles. The van der Waals surface area contributed by atoms with Crippen LogP contribution in [0.25, 0.3) is 11.0 Å². The van der Waals surface area contributed by atoms with E-state index in [9.17, 15) is 14.7 Å². The lowest BCUT2D eigenvalue weighted by atomic mass is 10.2. The molecule has 2 amide bonds. The molecule has 0 aromatic carbocycles. The largest absolute Gasteiger partial charge is 0.389 e. The Kier molecular flexibility index (Phi) is 5.02. The second kappa shape index (κ2) is 7.37. The Morgan fingerprint density at radius 1 is 1.38 bits per heavy atom. The van der Waals surface area contributed by atoms with Crippen LogP contribution in [0.15, 0.2) is 18.5 Å². The number of nitrogens with zero attached hydrogens (tertiary/aromatic N) is 2. The summed E-state index contributed by atoms with van der Waals surface area (Å²) < 4.78 is 5.25. The summed E-state index contributed by atoms with van der Waals surface area (Å²) in [6.07, 6.45) is 3.26. The molecule has 3 heterocycles. The summed E-state index contributed by atoms with van der Waals surface area (Å²) in [7, 11) is 0. The van der Waals surface area contributed by atoms with Gasteiger partial charge in [-0.05, 0) is 18.9 Å². The van der Waals surface area contributed by atoms with Gasteiger partial charge in [-0.3, -0.25) is 14.7 Å². The molecule has 0 saturated carbocycles. The molecule has 0 radical (unpaired) electrons. The number of H-pyrrole nitrogens is 1. The van der Waals surface area contributed by atoms with Gasteiger partial charge >= 0.3 is 0 Å². The average molecular weight is 333 g/mol. The highest BCUT2D eigenvalue weighted by Gasteiger charge is 2.23. The van der Waals surface area contributed by atoms with Crippen LogP contribution < -0.4 is 10.6 Å². The van der Waals surface area contributed by atoms with E-state index in [4.69, 9.17) is 4.74 Å². The zero-order chi connectivity index (χ0) is 16.9. The molecule has 0 spiro atoms. The Labute approximate surface area is 137 Å². The topological polar surface area (TPSA) is 129 Å². The van der Waals surface area contributed by atoms with E-state index >= 15 is 0 Å². The molecule has 3 rings (SSSR count). The summed E-state index contributed by atoms with van der Waals surface area (Å²) >= 11 is 0. The van der Waals surface area contributed by atoms with Gasteiger partial charge in [-0.1, -0.05) is 0 Å². The molecule has 2 unspecified atom stereocenters. The minimum atomic E-state index is -0.884. The number of aliphatic hydroxyl groups is 1. The molecule has 9 nitrogen and oxygen atoms in total. The first-order valence-electron chi connectivity index (χ1n) is 7.78. The molecule has 1 saturated heterocycles. The fourth-order valence-electron chi connectivity index (χ4n) is 2.46. The average Bonchev–Trinajstić information content (AvgIpc) is 3.27. The molecular formula is C15H19N5O4. The van der Waals surface area contributed by atoms with Crippen molar-refractivity contribution in [1.82, 2.24) is 25.8 Å². The molecule has 2 atom stereocenters. The Morgan fingerprint density at radius 2 is 2.21 bits per heavy atom. The lowest BCUT2D eigenvalue weighted by Crippen LogP contribution is -2.43. The van der Waals surface area contributed by atoms with E-state index in [1.54, 1.807) is 12.3 Å². The van der Waals surface area contributed by atoms with Crippen molar-refractivity contribution >= 4 is 22.8 Å². The molecule has 0 aliphatic carbocycles. The van der Waals surface area contributed by atoms with Gasteiger partial charge in [-0.15, -0.1) is 0 Å². The van der Waals surface area contributed by atoms with Crippen LogP contribution in [-0.4, -0.2) is 64.0 Å². The molecular weight excluding hydrogens is 314 g/mol. The van der Waals surface area contributed by atoms with Crippen molar-refractivity contribution in [3.8, 4) is 0 Å². The Hall–Kier alpha value is -2.52. The number of pyridine rings is 1. The lowest BCUT2D eigenvalue weighted by molar-refractivity contribution is -0.130. The Morgan fingerprint density at radius 3 is 3.00 bits per heavy atom. The minimum Gasteiger partial charge on any atom is -0.389 e. The SMILES string of the molecule is O=C(NCC(O)CNC(=O)C1CCCO1)c1cnc2[nH]ncc2c1. The number of hydrogen-bond donors (Lipinski definition) is 4. The molecule has 9 heteroatoms. The summed E-state index contributed by atoms with van der Waals surface area (Å²) in [6.45, 7) is 0.664. The fraction of sp³-hybridized carbons (Fsp3) is 0.467. The number of aliphatic hydroxyl groups excluding tert-OH is 1. The van der Waals surface area contributed by atoms with Gasteiger partial charge in [-0.25, -0.2) is 4.98 Å². The van der Waals surface area contributed by atoms with Crippen molar-refractivity contribution in [2.24, 2.45) is 0 Å². The monoisotopic (exact) mass is 333 g/mol. The smallest absolute Gasteiger partial charge is 0.252 e. The number of rotatable bonds is 6. The van der Waals surface area contributed by atoms with Gasteiger partial charge in [0.2, 0.25) is 5.91 Å². The zero-order valence-electron chi connectivity index (χ0n) is 13.0. The first kappa shape index (κ1) is 16.3. The minimum absolute atomic E-state index is 0.0219. The number of aromatic amines is 1. The third-order valence-corrected chi connectivity index (χ3v) is 3.79. The Balaban J connectivity index is 1.44. The third kappa shape index (κ3) is 3.87. The summed E-state index contributed by atoms with van der Waals surface area (Å²) in [5, 5.41) is 22.4. The zero-order valence-corrected chi connectivity index (χ0v) is 13.0. The maximum absolute atomic E-state index is 12.1. The maximum atomic E-state index is 12.1. The van der Waals surface area contributed by atoms with Crippen LogP contribution in [0.2, 0.25) is 0 Å². The van der Waals surface area contributed by atoms with Crippen LogP contribution >= 0.6 is 0 Å². The number of ether oxygens (including phenoxy) is 1. The molecule has 1 aliphatic heterocycles. The Bertz CT molecular complexity index is 725. The molecule has 24 heavy (non-hydrogen) atoms. The van der Waals surface area contributed by atoms with E-state index in [1.807, 2.05) is 0 Å². The number of fused-ring (bicyclic) bond motifs is 1. The van der Waals surface area contributed by atoms with Crippen molar-refractivity contribution in [3.05, 3.63) is 24.0 Å². The normalized spacial score (nSPS) is 18.5. The third-order valence-electron chi connectivity index (χ3n) is 3.79. The van der Waals surface area contributed by atoms with Gasteiger partial charge in [0, 0.05) is 31.3 Å². The van der Waals surface area contributed by atoms with Crippen LogP contribution in [0, 0.1) is 0 Å². The van der Waals surface area contributed by atoms with Crippen molar-refractivity contribution in [2.45, 2.75) is 25.0 Å².